The Balaban J connectivity index is 2.09. The lowest BCUT2D eigenvalue weighted by atomic mass is 9.91. The van der Waals surface area contributed by atoms with Crippen molar-refractivity contribution < 1.29 is 5.11 Å². The molecule has 2 N–H and O–H groups in total. The first kappa shape index (κ1) is 13.8. The van der Waals surface area contributed by atoms with Crippen molar-refractivity contribution in [2.75, 3.05) is 32.1 Å². The van der Waals surface area contributed by atoms with Crippen LogP contribution in [0.3, 0.4) is 0 Å². The predicted octanol–water partition coefficient (Wildman–Crippen LogP) is 2.71. The van der Waals surface area contributed by atoms with Crippen molar-refractivity contribution in [3.63, 3.8) is 0 Å². The summed E-state index contributed by atoms with van der Waals surface area (Å²) in [5.74, 6) is 0. The molecule has 1 saturated heterocycles. The minimum absolute atomic E-state index is 0.168. The van der Waals surface area contributed by atoms with E-state index in [-0.39, 0.29) is 12.1 Å². The Bertz CT molecular complexity index is 382. The van der Waals surface area contributed by atoms with Crippen LogP contribution in [0.2, 0.25) is 0 Å². The van der Waals surface area contributed by atoms with Crippen LogP contribution in [-0.2, 0) is 0 Å². The van der Waals surface area contributed by atoms with Crippen molar-refractivity contribution in [2.24, 2.45) is 0 Å². The van der Waals surface area contributed by atoms with E-state index >= 15 is 0 Å². The molecule has 1 aromatic carbocycles. The number of benzene rings is 1. The van der Waals surface area contributed by atoms with Crippen LogP contribution in [0.15, 0.2) is 28.7 Å². The van der Waals surface area contributed by atoms with Gasteiger partial charge in [-0.2, -0.15) is 0 Å². The summed E-state index contributed by atoms with van der Waals surface area (Å²) in [6, 6.07) is 8.15. The van der Waals surface area contributed by atoms with Crippen LogP contribution < -0.4 is 5.32 Å². The van der Waals surface area contributed by atoms with Gasteiger partial charge in [-0.25, -0.2) is 0 Å². The first-order chi connectivity index (χ1) is 8.63. The highest BCUT2D eigenvalue weighted by atomic mass is 79.9. The van der Waals surface area contributed by atoms with Gasteiger partial charge in [0.25, 0.3) is 0 Å². The maximum atomic E-state index is 9.78. The molecule has 100 valence electrons. The van der Waals surface area contributed by atoms with Crippen molar-refractivity contribution in [3.8, 4) is 0 Å². The lowest BCUT2D eigenvalue weighted by molar-refractivity contribution is 0.195. The van der Waals surface area contributed by atoms with E-state index in [0.717, 1.165) is 42.5 Å². The number of aliphatic hydroxyl groups is 1. The Morgan fingerprint density at radius 2 is 2.00 bits per heavy atom. The van der Waals surface area contributed by atoms with E-state index in [4.69, 9.17) is 0 Å². The first-order valence-corrected chi connectivity index (χ1v) is 7.26. The van der Waals surface area contributed by atoms with Crippen LogP contribution in [0.4, 0.5) is 5.69 Å². The molecule has 0 aliphatic carbocycles. The van der Waals surface area contributed by atoms with Crippen LogP contribution in [0.25, 0.3) is 0 Å². The Hall–Kier alpha value is -0.580. The lowest BCUT2D eigenvalue weighted by Crippen LogP contribution is -2.42. The monoisotopic (exact) mass is 312 g/mol. The Morgan fingerprint density at radius 1 is 1.28 bits per heavy atom. The van der Waals surface area contributed by atoms with E-state index in [1.807, 2.05) is 12.1 Å². The standard InChI is InChI=1S/C14H21BrN2O/c1-17-9-2-7-14(11-18,8-10-17)16-13-5-3-12(15)4-6-13/h3-6,16,18H,2,7-11H2,1H3. The number of nitrogens with zero attached hydrogens (tertiary/aromatic N) is 1. The number of likely N-dealkylation sites (tertiary alicyclic amines) is 1. The van der Waals surface area contributed by atoms with E-state index < -0.39 is 0 Å². The minimum Gasteiger partial charge on any atom is -0.394 e. The summed E-state index contributed by atoms with van der Waals surface area (Å²) in [5, 5.41) is 13.3. The van der Waals surface area contributed by atoms with E-state index in [9.17, 15) is 5.11 Å². The highest BCUT2D eigenvalue weighted by Crippen LogP contribution is 2.27. The molecule has 3 nitrogen and oxygen atoms in total. The molecule has 1 unspecified atom stereocenters. The van der Waals surface area contributed by atoms with E-state index in [1.165, 1.54) is 0 Å². The molecule has 18 heavy (non-hydrogen) atoms. The van der Waals surface area contributed by atoms with Crippen LogP contribution >= 0.6 is 15.9 Å². The first-order valence-electron chi connectivity index (χ1n) is 6.47. The fourth-order valence-corrected chi connectivity index (χ4v) is 2.76. The van der Waals surface area contributed by atoms with Crippen molar-refractivity contribution in [1.82, 2.24) is 4.90 Å². The van der Waals surface area contributed by atoms with Crippen LogP contribution in [-0.4, -0.2) is 42.3 Å². The molecule has 1 heterocycles. The van der Waals surface area contributed by atoms with Gasteiger partial charge in [-0.1, -0.05) is 15.9 Å². The highest BCUT2D eigenvalue weighted by Gasteiger charge is 2.31. The van der Waals surface area contributed by atoms with Gasteiger partial charge in [0.1, 0.15) is 0 Å². The molecule has 1 atom stereocenters. The normalized spacial score (nSPS) is 25.7. The molecule has 1 fully saturated rings. The van der Waals surface area contributed by atoms with Crippen molar-refractivity contribution in [1.29, 1.82) is 0 Å². The number of halogens is 1. The third-order valence-electron chi connectivity index (χ3n) is 3.72. The number of rotatable bonds is 3. The topological polar surface area (TPSA) is 35.5 Å². The maximum absolute atomic E-state index is 9.78. The fourth-order valence-electron chi connectivity index (χ4n) is 2.49. The summed E-state index contributed by atoms with van der Waals surface area (Å²) >= 11 is 3.44. The van der Waals surface area contributed by atoms with Gasteiger partial charge in [0.05, 0.1) is 12.1 Å². The van der Waals surface area contributed by atoms with Gasteiger partial charge in [-0.3, -0.25) is 0 Å². The Morgan fingerprint density at radius 3 is 2.67 bits per heavy atom. The number of hydrogen-bond acceptors (Lipinski definition) is 3. The molecule has 0 bridgehead atoms. The quantitative estimate of drug-likeness (QED) is 0.901. The van der Waals surface area contributed by atoms with Gasteiger partial charge in [0.2, 0.25) is 0 Å². The summed E-state index contributed by atoms with van der Waals surface area (Å²) < 4.78 is 1.08. The molecule has 0 spiro atoms. The number of nitrogens with one attached hydrogen (secondary N) is 1. The van der Waals surface area contributed by atoms with Crippen molar-refractivity contribution in [3.05, 3.63) is 28.7 Å². The second-order valence-corrected chi connectivity index (χ2v) is 6.14. The van der Waals surface area contributed by atoms with Gasteiger partial charge in [-0.15, -0.1) is 0 Å². The van der Waals surface area contributed by atoms with Crippen LogP contribution in [0.1, 0.15) is 19.3 Å². The van der Waals surface area contributed by atoms with Gasteiger partial charge < -0.3 is 15.3 Å². The molecule has 1 aliphatic heterocycles. The molecular weight excluding hydrogens is 292 g/mol. The van der Waals surface area contributed by atoms with E-state index in [1.54, 1.807) is 0 Å². The Kier molecular flexibility index (Phi) is 4.65. The molecule has 4 heteroatoms. The van der Waals surface area contributed by atoms with Crippen LogP contribution in [0, 0.1) is 0 Å². The molecular formula is C14H21BrN2O. The van der Waals surface area contributed by atoms with Crippen molar-refractivity contribution >= 4 is 21.6 Å². The predicted molar refractivity (Wildman–Crippen MR) is 78.9 cm³/mol. The maximum Gasteiger partial charge on any atom is 0.0662 e. The second-order valence-electron chi connectivity index (χ2n) is 5.23. The van der Waals surface area contributed by atoms with E-state index in [2.05, 4.69) is 45.3 Å². The molecule has 0 aromatic heterocycles. The zero-order chi connectivity index (χ0) is 13.0. The summed E-state index contributed by atoms with van der Waals surface area (Å²) in [4.78, 5) is 2.33. The zero-order valence-electron chi connectivity index (χ0n) is 10.8. The Labute approximate surface area is 117 Å². The van der Waals surface area contributed by atoms with Gasteiger partial charge in [-0.05, 0) is 57.1 Å². The summed E-state index contributed by atoms with van der Waals surface area (Å²) in [5.41, 5.74) is 0.912. The molecule has 2 rings (SSSR count). The SMILES string of the molecule is CN1CCCC(CO)(Nc2ccc(Br)cc2)CC1. The minimum atomic E-state index is -0.168. The smallest absolute Gasteiger partial charge is 0.0662 e. The molecule has 0 radical (unpaired) electrons. The average molecular weight is 313 g/mol. The molecule has 1 aromatic rings. The molecule has 0 saturated carbocycles. The van der Waals surface area contributed by atoms with Gasteiger partial charge >= 0.3 is 0 Å². The third-order valence-corrected chi connectivity index (χ3v) is 4.25. The average Bonchev–Trinajstić information content (AvgIpc) is 2.56. The zero-order valence-corrected chi connectivity index (χ0v) is 12.4. The third kappa shape index (κ3) is 3.46. The number of hydrogen-bond donors (Lipinski definition) is 2. The van der Waals surface area contributed by atoms with Crippen molar-refractivity contribution in [2.45, 2.75) is 24.8 Å². The largest absolute Gasteiger partial charge is 0.394 e. The van der Waals surface area contributed by atoms with Gasteiger partial charge in [0, 0.05) is 16.7 Å². The second kappa shape index (κ2) is 6.04. The number of aliphatic hydroxyl groups excluding tert-OH is 1. The fraction of sp³-hybridized carbons (Fsp3) is 0.571. The lowest BCUT2D eigenvalue weighted by Gasteiger charge is -2.33. The molecule has 1 aliphatic rings. The number of anilines is 1. The highest BCUT2D eigenvalue weighted by molar-refractivity contribution is 9.10. The van der Waals surface area contributed by atoms with E-state index in [0.29, 0.717) is 0 Å². The summed E-state index contributed by atoms with van der Waals surface area (Å²) in [6.07, 6.45) is 3.13. The summed E-state index contributed by atoms with van der Waals surface area (Å²) in [7, 11) is 2.15. The molecule has 0 amide bonds. The van der Waals surface area contributed by atoms with Crippen LogP contribution in [0.5, 0.6) is 0 Å². The van der Waals surface area contributed by atoms with Gasteiger partial charge in [0.15, 0.2) is 0 Å². The summed E-state index contributed by atoms with van der Waals surface area (Å²) in [6.45, 7) is 2.34.